The summed E-state index contributed by atoms with van der Waals surface area (Å²) in [6.07, 6.45) is 0. The van der Waals surface area contributed by atoms with Crippen molar-refractivity contribution in [1.82, 2.24) is 4.98 Å². The van der Waals surface area contributed by atoms with Gasteiger partial charge in [-0.25, -0.2) is 9.37 Å². The minimum atomic E-state index is -0.550. The Morgan fingerprint density at radius 3 is 2.85 bits per heavy atom. The van der Waals surface area contributed by atoms with E-state index in [0.717, 1.165) is 0 Å². The fourth-order valence-corrected chi connectivity index (χ4v) is 2.08. The predicted molar refractivity (Wildman–Crippen MR) is 75.4 cm³/mol. The fourth-order valence-electron chi connectivity index (χ4n) is 1.92. The number of nitrogens with zero attached hydrogens (tertiary/aromatic N) is 1. The van der Waals surface area contributed by atoms with E-state index in [1.54, 1.807) is 18.2 Å². The molecule has 0 bridgehead atoms. The van der Waals surface area contributed by atoms with Crippen LogP contribution in [0, 0.1) is 5.82 Å². The van der Waals surface area contributed by atoms with E-state index in [4.69, 9.17) is 26.5 Å². The molecular weight excluding hydrogens is 283 g/mol. The monoisotopic (exact) mass is 292 g/mol. The summed E-state index contributed by atoms with van der Waals surface area (Å²) in [5, 5.41) is 0.00150. The summed E-state index contributed by atoms with van der Waals surface area (Å²) >= 11 is 5.72. The topological polar surface area (TPSA) is 61.3 Å². The van der Waals surface area contributed by atoms with E-state index in [1.165, 1.54) is 19.2 Å². The van der Waals surface area contributed by atoms with Crippen LogP contribution in [-0.4, -0.2) is 12.1 Å². The quantitative estimate of drug-likeness (QED) is 0.728. The molecule has 6 heteroatoms. The molecule has 0 unspecified atom stereocenters. The molecule has 0 aliphatic carbocycles. The Hall–Kier alpha value is -2.27. The second kappa shape index (κ2) is 4.68. The fraction of sp³-hybridized carbons (Fsp3) is 0.0714. The third kappa shape index (κ3) is 2.06. The van der Waals surface area contributed by atoms with E-state index in [1.807, 2.05) is 0 Å². The van der Waals surface area contributed by atoms with E-state index in [9.17, 15) is 4.39 Å². The van der Waals surface area contributed by atoms with Crippen LogP contribution in [0.1, 0.15) is 0 Å². The lowest BCUT2D eigenvalue weighted by Gasteiger charge is -2.05. The van der Waals surface area contributed by atoms with Gasteiger partial charge >= 0.3 is 0 Å². The van der Waals surface area contributed by atoms with E-state index in [2.05, 4.69) is 4.98 Å². The van der Waals surface area contributed by atoms with Crippen LogP contribution in [0.15, 0.2) is 34.7 Å². The average molecular weight is 293 g/mol. The van der Waals surface area contributed by atoms with Crippen LogP contribution in [0.2, 0.25) is 5.02 Å². The second-order valence-electron chi connectivity index (χ2n) is 4.21. The summed E-state index contributed by atoms with van der Waals surface area (Å²) in [4.78, 5) is 4.28. The van der Waals surface area contributed by atoms with Crippen molar-refractivity contribution >= 4 is 28.4 Å². The highest BCUT2D eigenvalue weighted by molar-refractivity contribution is 6.31. The summed E-state index contributed by atoms with van der Waals surface area (Å²) in [5.41, 5.74) is 7.69. The van der Waals surface area contributed by atoms with Gasteiger partial charge in [-0.3, -0.25) is 0 Å². The Labute approximate surface area is 118 Å². The van der Waals surface area contributed by atoms with E-state index in [-0.39, 0.29) is 5.02 Å². The maximum Gasteiger partial charge on any atom is 0.231 e. The molecule has 102 valence electrons. The lowest BCUT2D eigenvalue weighted by atomic mass is 10.2. The molecule has 2 N–H and O–H groups in total. The molecule has 0 saturated heterocycles. The van der Waals surface area contributed by atoms with Crippen LogP contribution >= 0.6 is 11.6 Å². The van der Waals surface area contributed by atoms with Crippen LogP contribution < -0.4 is 10.5 Å². The number of rotatable bonds is 2. The van der Waals surface area contributed by atoms with Crippen LogP contribution in [0.5, 0.6) is 5.75 Å². The summed E-state index contributed by atoms with van der Waals surface area (Å²) < 4.78 is 24.2. The van der Waals surface area contributed by atoms with Gasteiger partial charge in [0.2, 0.25) is 5.89 Å². The van der Waals surface area contributed by atoms with Gasteiger partial charge in [-0.05, 0) is 18.2 Å². The zero-order valence-electron chi connectivity index (χ0n) is 10.5. The first-order valence-corrected chi connectivity index (χ1v) is 6.16. The minimum absolute atomic E-state index is 0.00150. The molecule has 2 aromatic carbocycles. The number of anilines is 1. The highest BCUT2D eigenvalue weighted by Crippen LogP contribution is 2.34. The van der Waals surface area contributed by atoms with E-state index < -0.39 is 5.82 Å². The van der Waals surface area contributed by atoms with Gasteiger partial charge in [-0.15, -0.1) is 0 Å². The molecule has 3 rings (SSSR count). The minimum Gasteiger partial charge on any atom is -0.496 e. The number of hydrogen-bond donors (Lipinski definition) is 1. The van der Waals surface area contributed by atoms with Gasteiger partial charge in [0, 0.05) is 17.8 Å². The van der Waals surface area contributed by atoms with Crippen LogP contribution in [0.25, 0.3) is 22.6 Å². The smallest absolute Gasteiger partial charge is 0.231 e. The maximum atomic E-state index is 13.4. The number of fused-ring (bicyclic) bond motifs is 1. The largest absolute Gasteiger partial charge is 0.496 e. The molecule has 20 heavy (non-hydrogen) atoms. The Morgan fingerprint density at radius 2 is 2.10 bits per heavy atom. The molecule has 0 atom stereocenters. The normalized spacial score (nSPS) is 10.9. The van der Waals surface area contributed by atoms with Crippen molar-refractivity contribution in [3.05, 3.63) is 41.2 Å². The molecule has 0 amide bonds. The number of aromatic nitrogens is 1. The highest BCUT2D eigenvalue weighted by Gasteiger charge is 2.15. The summed E-state index contributed by atoms with van der Waals surface area (Å²) in [7, 11) is 1.53. The standard InChI is InChI=1S/C14H10ClFN2O2/c1-19-12-4-7(17)2-3-8(12)14-18-11-5-9(15)10(16)6-13(11)20-14/h2-6H,17H2,1H3. The number of hydrogen-bond acceptors (Lipinski definition) is 4. The lowest BCUT2D eigenvalue weighted by Crippen LogP contribution is -1.91. The summed E-state index contributed by atoms with van der Waals surface area (Å²) in [5.74, 6) is 0.299. The number of benzene rings is 2. The lowest BCUT2D eigenvalue weighted by molar-refractivity contribution is 0.415. The number of ether oxygens (including phenoxy) is 1. The molecule has 0 saturated carbocycles. The van der Waals surface area contributed by atoms with Gasteiger partial charge in [0.15, 0.2) is 5.58 Å². The van der Waals surface area contributed by atoms with Crippen LogP contribution in [0.4, 0.5) is 10.1 Å². The van der Waals surface area contributed by atoms with Gasteiger partial charge in [0.1, 0.15) is 17.1 Å². The maximum absolute atomic E-state index is 13.4. The first-order valence-electron chi connectivity index (χ1n) is 5.78. The molecule has 0 aliphatic heterocycles. The average Bonchev–Trinajstić information content (AvgIpc) is 2.81. The van der Waals surface area contributed by atoms with Crippen molar-refractivity contribution < 1.29 is 13.5 Å². The molecule has 0 radical (unpaired) electrons. The summed E-state index contributed by atoms with van der Waals surface area (Å²) in [6, 6.07) is 7.73. The molecule has 0 fully saturated rings. The number of oxazole rings is 1. The Bertz CT molecular complexity index is 762. The number of halogens is 2. The van der Waals surface area contributed by atoms with Gasteiger partial charge < -0.3 is 14.9 Å². The van der Waals surface area contributed by atoms with Gasteiger partial charge in [-0.1, -0.05) is 11.6 Å². The Kier molecular flexibility index (Phi) is 2.99. The predicted octanol–water partition coefficient (Wildman–Crippen LogP) is 3.88. The molecular formula is C14H10ClFN2O2. The molecule has 4 nitrogen and oxygen atoms in total. The molecule has 3 aromatic rings. The van der Waals surface area contributed by atoms with Crippen LogP contribution in [-0.2, 0) is 0 Å². The first-order chi connectivity index (χ1) is 9.58. The second-order valence-corrected chi connectivity index (χ2v) is 4.62. The SMILES string of the molecule is COc1cc(N)ccc1-c1nc2cc(Cl)c(F)cc2o1. The number of nitrogens with two attached hydrogens (primary N) is 1. The molecule has 0 spiro atoms. The zero-order valence-corrected chi connectivity index (χ0v) is 11.2. The summed E-state index contributed by atoms with van der Waals surface area (Å²) in [6.45, 7) is 0. The number of nitrogen functional groups attached to an aromatic ring is 1. The van der Waals surface area contributed by atoms with Crippen molar-refractivity contribution in [2.45, 2.75) is 0 Å². The zero-order chi connectivity index (χ0) is 14.3. The Balaban J connectivity index is 2.20. The van der Waals surface area contributed by atoms with Crippen molar-refractivity contribution in [3.8, 4) is 17.2 Å². The van der Waals surface area contributed by atoms with Crippen molar-refractivity contribution in [2.75, 3.05) is 12.8 Å². The molecule has 1 aromatic heterocycles. The molecule has 0 aliphatic rings. The van der Waals surface area contributed by atoms with E-state index >= 15 is 0 Å². The van der Waals surface area contributed by atoms with Gasteiger partial charge in [-0.2, -0.15) is 0 Å². The highest BCUT2D eigenvalue weighted by atomic mass is 35.5. The van der Waals surface area contributed by atoms with Gasteiger partial charge in [0.05, 0.1) is 17.7 Å². The Morgan fingerprint density at radius 1 is 1.30 bits per heavy atom. The first kappa shape index (κ1) is 12.7. The third-order valence-corrected chi connectivity index (χ3v) is 3.18. The number of methoxy groups -OCH3 is 1. The van der Waals surface area contributed by atoms with Crippen LogP contribution in [0.3, 0.4) is 0 Å². The van der Waals surface area contributed by atoms with Crippen molar-refractivity contribution in [2.24, 2.45) is 0 Å². The van der Waals surface area contributed by atoms with Crippen molar-refractivity contribution in [3.63, 3.8) is 0 Å². The van der Waals surface area contributed by atoms with E-state index in [0.29, 0.717) is 34.0 Å². The van der Waals surface area contributed by atoms with Gasteiger partial charge in [0.25, 0.3) is 0 Å². The molecule has 1 heterocycles. The van der Waals surface area contributed by atoms with Crippen molar-refractivity contribution in [1.29, 1.82) is 0 Å². The third-order valence-electron chi connectivity index (χ3n) is 2.89.